The molecule has 246 valence electrons. The van der Waals surface area contributed by atoms with Crippen LogP contribution in [-0.4, -0.2) is 44.7 Å². The smallest absolute Gasteiger partial charge is 0.260 e. The van der Waals surface area contributed by atoms with Crippen molar-refractivity contribution in [2.75, 3.05) is 5.43 Å². The highest BCUT2D eigenvalue weighted by molar-refractivity contribution is 6.13. The number of imide groups is 2. The van der Waals surface area contributed by atoms with Crippen LogP contribution in [0.2, 0.25) is 0 Å². The zero-order chi connectivity index (χ0) is 33.3. The third kappa shape index (κ3) is 4.34. The van der Waals surface area contributed by atoms with E-state index in [2.05, 4.69) is 11.5 Å². The van der Waals surface area contributed by atoms with Crippen LogP contribution in [0.1, 0.15) is 73.1 Å². The maximum atomic E-state index is 15.2. The van der Waals surface area contributed by atoms with E-state index in [1.54, 1.807) is 4.90 Å². The van der Waals surface area contributed by atoms with Crippen molar-refractivity contribution in [1.29, 1.82) is 0 Å². The van der Waals surface area contributed by atoms with Gasteiger partial charge in [-0.05, 0) is 68.7 Å². The second-order valence-electron chi connectivity index (χ2n) is 14.4. The number of hydrogen-bond acceptors (Lipinski definition) is 6. The van der Waals surface area contributed by atoms with E-state index < -0.39 is 40.9 Å². The van der Waals surface area contributed by atoms with E-state index in [1.165, 1.54) is 0 Å². The normalized spacial score (nSPS) is 30.2. The number of hydrazine groups is 1. The number of rotatable bonds is 5. The lowest BCUT2D eigenvalue weighted by Crippen LogP contribution is -2.53. The number of anilines is 1. The minimum atomic E-state index is -1.40. The molecule has 0 aromatic heterocycles. The van der Waals surface area contributed by atoms with Crippen LogP contribution in [0, 0.1) is 37.5 Å². The minimum absolute atomic E-state index is 0.0723. The molecule has 8 nitrogen and oxygen atoms in total. The maximum Gasteiger partial charge on any atom is 0.260 e. The summed E-state index contributed by atoms with van der Waals surface area (Å²) in [6, 6.07) is 22.4. The van der Waals surface area contributed by atoms with Gasteiger partial charge < -0.3 is 5.11 Å². The van der Waals surface area contributed by atoms with E-state index in [4.69, 9.17) is 0 Å². The van der Waals surface area contributed by atoms with Gasteiger partial charge in [-0.15, -0.1) is 0 Å². The molecule has 0 radical (unpaired) electrons. The molecule has 6 atom stereocenters. The molecule has 3 aromatic carbocycles. The van der Waals surface area contributed by atoms with Crippen LogP contribution in [0.25, 0.3) is 0 Å². The summed E-state index contributed by atoms with van der Waals surface area (Å²) in [6.07, 6.45) is 7.46. The van der Waals surface area contributed by atoms with Crippen molar-refractivity contribution >= 4 is 29.3 Å². The number of carbonyl (C=O) groups is 4. The Morgan fingerprint density at radius 2 is 1.52 bits per heavy atom. The first-order chi connectivity index (χ1) is 23.2. The monoisotopic (exact) mass is 643 g/mol. The fraction of sp³-hybridized carbons (Fsp3) is 0.400. The Morgan fingerprint density at radius 1 is 0.792 bits per heavy atom. The Morgan fingerprint density at radius 3 is 2.25 bits per heavy atom. The summed E-state index contributed by atoms with van der Waals surface area (Å²) in [5, 5.41) is 12.9. The number of fused-ring (bicyclic) bond motifs is 4. The van der Waals surface area contributed by atoms with E-state index in [0.29, 0.717) is 28.8 Å². The van der Waals surface area contributed by atoms with Crippen LogP contribution >= 0.6 is 0 Å². The van der Waals surface area contributed by atoms with Gasteiger partial charge in [0, 0.05) is 17.5 Å². The van der Waals surface area contributed by atoms with Gasteiger partial charge in [0.25, 0.3) is 11.8 Å². The number of carbonyl (C=O) groups excluding carboxylic acids is 4. The zero-order valence-corrected chi connectivity index (χ0v) is 27.4. The SMILES string of the molecule is Cc1ccc(NN2C(=O)C3CC4C(=CCC5C(=O)N(C6CCCCC6)C(=O)C54)C(c4cccc(C)c4O)C3(c3ccccc3)C2=O)cc1. The number of hydrogen-bond donors (Lipinski definition) is 2. The highest BCUT2D eigenvalue weighted by Gasteiger charge is 2.70. The predicted octanol–water partition coefficient (Wildman–Crippen LogP) is 6.33. The number of nitrogens with zero attached hydrogens (tertiary/aromatic N) is 2. The van der Waals surface area contributed by atoms with E-state index in [1.807, 2.05) is 86.6 Å². The molecule has 2 saturated carbocycles. The number of amides is 4. The van der Waals surface area contributed by atoms with Crippen LogP contribution in [0.3, 0.4) is 0 Å². The van der Waals surface area contributed by atoms with Crippen LogP contribution in [-0.2, 0) is 24.6 Å². The Labute approximate surface area is 280 Å². The molecule has 2 aliphatic heterocycles. The van der Waals surface area contributed by atoms with Gasteiger partial charge in [-0.25, -0.2) is 0 Å². The molecule has 2 heterocycles. The molecule has 6 unspecified atom stereocenters. The molecule has 4 amide bonds. The highest BCUT2D eigenvalue weighted by atomic mass is 16.3. The van der Waals surface area contributed by atoms with Crippen LogP contribution < -0.4 is 5.43 Å². The first-order valence-electron chi connectivity index (χ1n) is 17.4. The molecular formula is C40H41N3O5. The summed E-state index contributed by atoms with van der Waals surface area (Å²) in [5.41, 5.74) is 6.15. The standard InChI is InChI=1S/C40H41N3O5/c1-23-16-18-26(19-17-23)41-43-37(46)32-22-31-28(20-21-29-33(31)38(47)42(36(29)45)27-13-7-4-8-14-27)34(30-15-9-10-24(2)35(30)44)40(32,39(43)48)25-11-5-3-6-12-25/h3,5-6,9-12,15-20,27,29,31-34,41,44H,4,7-8,13-14,21-22H2,1-2H3. The summed E-state index contributed by atoms with van der Waals surface area (Å²) >= 11 is 0. The third-order valence-electron chi connectivity index (χ3n) is 11.9. The fourth-order valence-corrected chi connectivity index (χ4v) is 9.73. The molecule has 2 saturated heterocycles. The Kier molecular flexibility index (Phi) is 7.31. The van der Waals surface area contributed by atoms with E-state index in [9.17, 15) is 19.5 Å². The van der Waals surface area contributed by atoms with Gasteiger partial charge in [-0.1, -0.05) is 97.1 Å². The van der Waals surface area contributed by atoms with Gasteiger partial charge in [0.1, 0.15) is 5.75 Å². The predicted molar refractivity (Wildman–Crippen MR) is 180 cm³/mol. The molecule has 48 heavy (non-hydrogen) atoms. The van der Waals surface area contributed by atoms with Gasteiger partial charge in [-0.2, -0.15) is 5.01 Å². The number of likely N-dealkylation sites (tertiary alicyclic amines) is 1. The number of para-hydroxylation sites is 1. The summed E-state index contributed by atoms with van der Waals surface area (Å²) < 4.78 is 0. The molecule has 4 fully saturated rings. The van der Waals surface area contributed by atoms with Gasteiger partial charge in [0.2, 0.25) is 11.8 Å². The number of allylic oxidation sites excluding steroid dienone is 2. The zero-order valence-electron chi connectivity index (χ0n) is 27.4. The minimum Gasteiger partial charge on any atom is -0.507 e. The largest absolute Gasteiger partial charge is 0.507 e. The van der Waals surface area contributed by atoms with E-state index >= 15 is 4.79 Å². The molecule has 8 rings (SSSR count). The van der Waals surface area contributed by atoms with Crippen LogP contribution in [0.15, 0.2) is 84.4 Å². The quantitative estimate of drug-likeness (QED) is 0.249. The van der Waals surface area contributed by atoms with Crippen LogP contribution in [0.4, 0.5) is 5.69 Å². The van der Waals surface area contributed by atoms with Crippen molar-refractivity contribution in [2.24, 2.45) is 23.7 Å². The number of benzene rings is 3. The first kappa shape index (κ1) is 30.6. The summed E-state index contributed by atoms with van der Waals surface area (Å²) in [5.74, 6) is -4.04. The lowest BCUT2D eigenvalue weighted by molar-refractivity contribution is -0.144. The molecule has 8 heteroatoms. The Bertz CT molecular complexity index is 1850. The lowest BCUT2D eigenvalue weighted by atomic mass is 9.49. The molecule has 2 N–H and O–H groups in total. The second-order valence-corrected chi connectivity index (χ2v) is 14.4. The summed E-state index contributed by atoms with van der Waals surface area (Å²) in [6.45, 7) is 3.80. The number of aromatic hydroxyl groups is 1. The van der Waals surface area contributed by atoms with Gasteiger partial charge in [0.15, 0.2) is 0 Å². The summed E-state index contributed by atoms with van der Waals surface area (Å²) in [7, 11) is 0. The number of aryl methyl sites for hydroxylation is 2. The van der Waals surface area contributed by atoms with Crippen molar-refractivity contribution in [2.45, 2.75) is 76.2 Å². The first-order valence-corrected chi connectivity index (χ1v) is 17.4. The maximum absolute atomic E-state index is 15.2. The van der Waals surface area contributed by atoms with E-state index in [-0.39, 0.29) is 35.9 Å². The molecule has 0 spiro atoms. The number of phenolic OH excluding ortho intramolecular Hbond substituents is 1. The van der Waals surface area contributed by atoms with Crippen molar-refractivity contribution in [3.05, 3.63) is 107 Å². The van der Waals surface area contributed by atoms with Crippen molar-refractivity contribution in [3.63, 3.8) is 0 Å². The second kappa shape index (κ2) is 11.5. The molecule has 3 aromatic rings. The number of phenols is 1. The Hall–Kier alpha value is -4.72. The average molecular weight is 644 g/mol. The summed E-state index contributed by atoms with van der Waals surface area (Å²) in [4.78, 5) is 59.9. The fourth-order valence-electron chi connectivity index (χ4n) is 9.73. The van der Waals surface area contributed by atoms with Crippen molar-refractivity contribution in [3.8, 4) is 5.75 Å². The van der Waals surface area contributed by atoms with Gasteiger partial charge >= 0.3 is 0 Å². The Balaban J connectivity index is 1.31. The molecule has 0 bridgehead atoms. The number of nitrogens with one attached hydrogen (secondary N) is 1. The molecular weight excluding hydrogens is 602 g/mol. The lowest BCUT2D eigenvalue weighted by Gasteiger charge is -2.50. The molecule has 3 aliphatic carbocycles. The van der Waals surface area contributed by atoms with Crippen molar-refractivity contribution in [1.82, 2.24) is 9.91 Å². The topological polar surface area (TPSA) is 107 Å². The van der Waals surface area contributed by atoms with Crippen LogP contribution in [0.5, 0.6) is 5.75 Å². The third-order valence-corrected chi connectivity index (χ3v) is 11.9. The van der Waals surface area contributed by atoms with Gasteiger partial charge in [0.05, 0.1) is 28.9 Å². The van der Waals surface area contributed by atoms with E-state index in [0.717, 1.165) is 48.2 Å². The molecule has 5 aliphatic rings. The van der Waals surface area contributed by atoms with Crippen molar-refractivity contribution < 1.29 is 24.3 Å². The highest BCUT2D eigenvalue weighted by Crippen LogP contribution is 2.65. The van der Waals surface area contributed by atoms with Gasteiger partial charge in [-0.3, -0.25) is 29.5 Å². The average Bonchev–Trinajstić information content (AvgIpc) is 3.48.